The van der Waals surface area contributed by atoms with Crippen LogP contribution in [0.2, 0.25) is 25.7 Å². The van der Waals surface area contributed by atoms with Crippen LogP contribution in [0.3, 0.4) is 0 Å². The molecule has 2 aromatic carbocycles. The highest BCUT2D eigenvalue weighted by molar-refractivity contribution is 6.76. The number of nitrogens with two attached hydrogens (primary N) is 1. The molecule has 0 saturated carbocycles. The Bertz CT molecular complexity index is 1330. The van der Waals surface area contributed by atoms with E-state index in [1.54, 1.807) is 22.9 Å². The number of nitrogen functional groups attached to an aromatic ring is 1. The topological polar surface area (TPSA) is 100 Å². The summed E-state index contributed by atoms with van der Waals surface area (Å²) in [5, 5.41) is 12.1. The van der Waals surface area contributed by atoms with Crippen LogP contribution in [-0.4, -0.2) is 29.6 Å². The molecule has 0 radical (unpaired) electrons. The van der Waals surface area contributed by atoms with Gasteiger partial charge >= 0.3 is 0 Å². The number of nitrogens with zero attached hydrogens (tertiary/aromatic N) is 3. The normalized spacial score (nSPS) is 12.5. The minimum absolute atomic E-state index is 0.289. The third-order valence-electron chi connectivity index (χ3n) is 5.83. The summed E-state index contributed by atoms with van der Waals surface area (Å²) < 4.78 is 32.4. The van der Waals surface area contributed by atoms with Crippen molar-refractivity contribution in [2.45, 2.75) is 52.4 Å². The van der Waals surface area contributed by atoms with E-state index in [4.69, 9.17) is 24.8 Å². The first-order valence-electron chi connectivity index (χ1n) is 12.3. The van der Waals surface area contributed by atoms with Crippen LogP contribution in [0.4, 0.5) is 21.7 Å². The van der Waals surface area contributed by atoms with Crippen molar-refractivity contribution in [1.29, 1.82) is 0 Å². The summed E-state index contributed by atoms with van der Waals surface area (Å²) in [5.41, 5.74) is 9.11. The van der Waals surface area contributed by atoms with Crippen molar-refractivity contribution in [2.24, 2.45) is 0 Å². The van der Waals surface area contributed by atoms with Crippen molar-refractivity contribution in [3.63, 3.8) is 0 Å². The molecule has 4 aromatic rings. The fourth-order valence-corrected chi connectivity index (χ4v) is 4.39. The Morgan fingerprint density at radius 2 is 1.86 bits per heavy atom. The Hall–Kier alpha value is -3.63. The maximum absolute atomic E-state index is 13.3. The highest BCUT2D eigenvalue weighted by Gasteiger charge is 2.16. The fraction of sp³-hybridized carbons (Fsp3) is 0.333. The van der Waals surface area contributed by atoms with Crippen LogP contribution in [0.1, 0.15) is 24.4 Å². The van der Waals surface area contributed by atoms with E-state index in [1.165, 1.54) is 12.1 Å². The SMILES string of the molecule is Cc1cc(Nc2cc(-c3ccc(N)c(O[C@@H](C)c4ccc(F)cc4)c3)nn2COCC[Si](C)(C)C)no1. The number of benzene rings is 2. The quantitative estimate of drug-likeness (QED) is 0.127. The van der Waals surface area contributed by atoms with E-state index in [9.17, 15) is 4.39 Å². The lowest BCUT2D eigenvalue weighted by Crippen LogP contribution is -2.22. The van der Waals surface area contributed by atoms with Gasteiger partial charge in [0, 0.05) is 32.4 Å². The van der Waals surface area contributed by atoms with E-state index in [-0.39, 0.29) is 11.9 Å². The number of ether oxygens (including phenoxy) is 2. The molecule has 10 heteroatoms. The van der Waals surface area contributed by atoms with Crippen molar-refractivity contribution >= 4 is 25.4 Å². The van der Waals surface area contributed by atoms with Gasteiger partial charge in [-0.25, -0.2) is 9.07 Å². The van der Waals surface area contributed by atoms with E-state index in [2.05, 4.69) is 30.1 Å². The first kappa shape index (κ1) is 26.4. The molecule has 0 aliphatic heterocycles. The van der Waals surface area contributed by atoms with Gasteiger partial charge in [-0.05, 0) is 49.7 Å². The number of anilines is 3. The predicted octanol–water partition coefficient (Wildman–Crippen LogP) is 6.76. The molecule has 0 amide bonds. The summed E-state index contributed by atoms with van der Waals surface area (Å²) in [6, 6.07) is 16.6. The molecule has 1 atom stereocenters. The summed E-state index contributed by atoms with van der Waals surface area (Å²) in [6.07, 6.45) is -0.317. The molecule has 0 bridgehead atoms. The first-order valence-corrected chi connectivity index (χ1v) is 16.0. The van der Waals surface area contributed by atoms with Gasteiger partial charge in [0.25, 0.3) is 0 Å². The summed E-state index contributed by atoms with van der Waals surface area (Å²) in [7, 11) is -1.20. The van der Waals surface area contributed by atoms with Gasteiger partial charge < -0.3 is 25.0 Å². The average Bonchev–Trinajstić information content (AvgIpc) is 3.44. The van der Waals surface area contributed by atoms with Crippen LogP contribution in [0.25, 0.3) is 11.3 Å². The average molecular weight is 524 g/mol. The van der Waals surface area contributed by atoms with Crippen LogP contribution < -0.4 is 15.8 Å². The molecule has 8 nitrogen and oxygen atoms in total. The van der Waals surface area contributed by atoms with Crippen molar-refractivity contribution in [1.82, 2.24) is 14.9 Å². The smallest absolute Gasteiger partial charge is 0.175 e. The first-order chi connectivity index (χ1) is 17.6. The third kappa shape index (κ3) is 7.20. The Morgan fingerprint density at radius 1 is 1.11 bits per heavy atom. The van der Waals surface area contributed by atoms with Crippen molar-refractivity contribution in [3.05, 3.63) is 71.7 Å². The minimum Gasteiger partial charge on any atom is -0.484 e. The van der Waals surface area contributed by atoms with E-state index < -0.39 is 8.07 Å². The number of halogens is 1. The van der Waals surface area contributed by atoms with Crippen molar-refractivity contribution in [2.75, 3.05) is 17.7 Å². The molecule has 0 saturated heterocycles. The molecule has 0 unspecified atom stereocenters. The fourth-order valence-electron chi connectivity index (χ4n) is 3.63. The van der Waals surface area contributed by atoms with Gasteiger partial charge in [-0.1, -0.05) is 43.0 Å². The Morgan fingerprint density at radius 3 is 2.54 bits per heavy atom. The second kappa shape index (κ2) is 11.2. The Balaban J connectivity index is 1.57. The van der Waals surface area contributed by atoms with E-state index in [0.29, 0.717) is 36.4 Å². The molecule has 196 valence electrons. The third-order valence-corrected chi connectivity index (χ3v) is 7.53. The highest BCUT2D eigenvalue weighted by Crippen LogP contribution is 2.33. The van der Waals surface area contributed by atoms with Gasteiger partial charge in [0.05, 0.1) is 11.4 Å². The molecule has 0 fully saturated rings. The summed E-state index contributed by atoms with van der Waals surface area (Å²) in [5.74, 6) is 2.24. The number of aromatic nitrogens is 3. The van der Waals surface area contributed by atoms with Crippen molar-refractivity contribution < 1.29 is 18.4 Å². The molecular weight excluding hydrogens is 489 g/mol. The van der Waals surface area contributed by atoms with Crippen LogP contribution in [0, 0.1) is 12.7 Å². The second-order valence-corrected chi connectivity index (χ2v) is 15.9. The largest absolute Gasteiger partial charge is 0.484 e. The van der Waals surface area contributed by atoms with E-state index in [1.807, 2.05) is 38.1 Å². The van der Waals surface area contributed by atoms with Crippen LogP contribution >= 0.6 is 0 Å². The van der Waals surface area contributed by atoms with Gasteiger partial charge in [0.1, 0.15) is 36.0 Å². The number of hydrogen-bond acceptors (Lipinski definition) is 7. The Labute approximate surface area is 217 Å². The maximum Gasteiger partial charge on any atom is 0.175 e. The summed E-state index contributed by atoms with van der Waals surface area (Å²) in [6.45, 7) is 11.7. The molecule has 0 aliphatic rings. The summed E-state index contributed by atoms with van der Waals surface area (Å²) in [4.78, 5) is 0. The van der Waals surface area contributed by atoms with E-state index in [0.717, 1.165) is 28.7 Å². The molecule has 4 rings (SSSR count). The van der Waals surface area contributed by atoms with Crippen molar-refractivity contribution in [3.8, 4) is 17.0 Å². The molecule has 3 N–H and O–H groups in total. The monoisotopic (exact) mass is 523 g/mol. The lowest BCUT2D eigenvalue weighted by atomic mass is 10.1. The number of aryl methyl sites for hydroxylation is 1. The number of hydrogen-bond donors (Lipinski definition) is 2. The van der Waals surface area contributed by atoms with Gasteiger partial charge in [-0.2, -0.15) is 5.10 Å². The van der Waals surface area contributed by atoms with Gasteiger partial charge in [0.15, 0.2) is 5.82 Å². The molecule has 0 aliphatic carbocycles. The zero-order valence-electron chi connectivity index (χ0n) is 21.9. The van der Waals surface area contributed by atoms with E-state index >= 15 is 0 Å². The highest BCUT2D eigenvalue weighted by atomic mass is 28.3. The molecule has 37 heavy (non-hydrogen) atoms. The standard InChI is InChI=1S/C27H34FN5O3Si/c1-18-14-26(32-36-18)30-27-16-24(31-33(27)17-34-12-13-37(3,4)5)21-8-11-23(29)25(15-21)35-19(2)20-6-9-22(28)10-7-20/h6-11,14-16,19H,12-13,17,29H2,1-5H3,(H,30,32)/t19-/m0/s1. The number of rotatable bonds is 11. The van der Waals surface area contributed by atoms with Gasteiger partial charge in [-0.3, -0.25) is 0 Å². The van der Waals surface area contributed by atoms with Gasteiger partial charge in [0.2, 0.25) is 0 Å². The molecule has 2 aromatic heterocycles. The van der Waals surface area contributed by atoms with Crippen LogP contribution in [0.15, 0.2) is 59.1 Å². The lowest BCUT2D eigenvalue weighted by molar-refractivity contribution is 0.0803. The minimum atomic E-state index is -1.20. The Kier molecular flexibility index (Phi) is 7.99. The number of nitrogens with one attached hydrogen (secondary N) is 1. The summed E-state index contributed by atoms with van der Waals surface area (Å²) >= 11 is 0. The van der Waals surface area contributed by atoms with Crippen LogP contribution in [-0.2, 0) is 11.5 Å². The molecular formula is C27H34FN5O3Si. The lowest BCUT2D eigenvalue weighted by Gasteiger charge is -2.17. The second-order valence-electron chi connectivity index (χ2n) is 10.3. The predicted molar refractivity (Wildman–Crippen MR) is 146 cm³/mol. The molecule has 0 spiro atoms. The van der Waals surface area contributed by atoms with Gasteiger partial charge in [-0.15, -0.1) is 0 Å². The van der Waals surface area contributed by atoms with Crippen LogP contribution in [0.5, 0.6) is 5.75 Å². The zero-order chi connectivity index (χ0) is 26.6. The molecule has 2 heterocycles. The zero-order valence-corrected chi connectivity index (χ0v) is 22.9. The maximum atomic E-state index is 13.3.